The topological polar surface area (TPSA) is 24.9 Å². The molecule has 1 N–H and O–H groups in total. The fourth-order valence-corrected chi connectivity index (χ4v) is 2.08. The van der Waals surface area contributed by atoms with E-state index in [0.717, 1.165) is 5.69 Å². The molecule has 0 saturated heterocycles. The van der Waals surface area contributed by atoms with Crippen molar-refractivity contribution in [3.8, 4) is 0 Å². The zero-order valence-electron chi connectivity index (χ0n) is 8.98. The van der Waals surface area contributed by atoms with E-state index in [1.165, 1.54) is 6.07 Å². The molecule has 16 heavy (non-hydrogen) atoms. The molecular formula is C12H13FN2S. The van der Waals surface area contributed by atoms with Gasteiger partial charge in [-0.25, -0.2) is 9.37 Å². The summed E-state index contributed by atoms with van der Waals surface area (Å²) < 4.78 is 13.5. The lowest BCUT2D eigenvalue weighted by Gasteiger charge is -2.13. The van der Waals surface area contributed by atoms with Gasteiger partial charge in [0, 0.05) is 23.5 Å². The molecule has 0 amide bonds. The third-order valence-corrected chi connectivity index (χ3v) is 3.08. The molecule has 84 valence electrons. The largest absolute Gasteiger partial charge is 0.304 e. The molecule has 0 fully saturated rings. The molecule has 1 heterocycles. The van der Waals surface area contributed by atoms with Crippen LogP contribution in [0.2, 0.25) is 0 Å². The fraction of sp³-hybridized carbons (Fsp3) is 0.250. The lowest BCUT2D eigenvalue weighted by molar-refractivity contribution is 0.525. The van der Waals surface area contributed by atoms with Gasteiger partial charge >= 0.3 is 0 Å². The number of hydrogen-bond donors (Lipinski definition) is 1. The van der Waals surface area contributed by atoms with Gasteiger partial charge in [0.25, 0.3) is 0 Å². The Bertz CT molecular complexity index is 442. The molecule has 0 aliphatic rings. The molecule has 2 nitrogen and oxygen atoms in total. The van der Waals surface area contributed by atoms with Crippen LogP contribution in [0.25, 0.3) is 0 Å². The quantitative estimate of drug-likeness (QED) is 0.882. The summed E-state index contributed by atoms with van der Waals surface area (Å²) >= 11 is 1.57. The number of halogens is 1. The normalized spacial score (nSPS) is 12.6. The summed E-state index contributed by atoms with van der Waals surface area (Å²) in [6.45, 7) is 2.61. The first-order chi connectivity index (χ1) is 7.77. The Balaban J connectivity index is 1.98. The minimum atomic E-state index is -0.166. The van der Waals surface area contributed by atoms with Gasteiger partial charge in [-0.3, -0.25) is 0 Å². The van der Waals surface area contributed by atoms with Gasteiger partial charge < -0.3 is 5.32 Å². The molecule has 0 radical (unpaired) electrons. The molecule has 0 aliphatic heterocycles. The van der Waals surface area contributed by atoms with Crippen molar-refractivity contribution in [3.05, 3.63) is 52.2 Å². The molecule has 1 aromatic carbocycles. The molecule has 0 spiro atoms. The molecule has 0 bridgehead atoms. The molecular weight excluding hydrogens is 223 g/mol. The number of benzene rings is 1. The zero-order chi connectivity index (χ0) is 11.4. The van der Waals surface area contributed by atoms with Crippen LogP contribution in [0.15, 0.2) is 35.2 Å². The van der Waals surface area contributed by atoms with E-state index in [1.54, 1.807) is 29.0 Å². The Hall–Kier alpha value is -1.26. The van der Waals surface area contributed by atoms with E-state index >= 15 is 0 Å². The maximum atomic E-state index is 13.5. The van der Waals surface area contributed by atoms with Crippen molar-refractivity contribution in [3.63, 3.8) is 0 Å². The van der Waals surface area contributed by atoms with Crippen LogP contribution in [0.5, 0.6) is 0 Å². The summed E-state index contributed by atoms with van der Waals surface area (Å²) in [6.07, 6.45) is 0. The Morgan fingerprint density at radius 2 is 2.25 bits per heavy atom. The van der Waals surface area contributed by atoms with Gasteiger partial charge in [0.2, 0.25) is 0 Å². The molecule has 0 aliphatic carbocycles. The van der Waals surface area contributed by atoms with Crippen molar-refractivity contribution in [2.24, 2.45) is 0 Å². The van der Waals surface area contributed by atoms with E-state index < -0.39 is 0 Å². The second kappa shape index (κ2) is 5.18. The minimum Gasteiger partial charge on any atom is -0.304 e. The van der Waals surface area contributed by atoms with Gasteiger partial charge in [-0.1, -0.05) is 18.2 Å². The highest BCUT2D eigenvalue weighted by Crippen LogP contribution is 2.16. The average Bonchev–Trinajstić information content (AvgIpc) is 2.79. The Labute approximate surface area is 98.2 Å². The van der Waals surface area contributed by atoms with Gasteiger partial charge in [0.1, 0.15) is 5.82 Å². The minimum absolute atomic E-state index is 0.0112. The summed E-state index contributed by atoms with van der Waals surface area (Å²) in [5, 5.41) is 5.23. The number of hydrogen-bond acceptors (Lipinski definition) is 3. The smallest absolute Gasteiger partial charge is 0.127 e. The van der Waals surface area contributed by atoms with Crippen LogP contribution in [-0.4, -0.2) is 4.98 Å². The predicted octanol–water partition coefficient (Wildman–Crippen LogP) is 3.13. The highest BCUT2D eigenvalue weighted by atomic mass is 32.1. The highest BCUT2D eigenvalue weighted by molar-refractivity contribution is 7.07. The number of thiazole rings is 1. The number of nitrogens with zero attached hydrogens (tertiary/aromatic N) is 1. The highest BCUT2D eigenvalue weighted by Gasteiger charge is 2.09. The van der Waals surface area contributed by atoms with Gasteiger partial charge in [0.05, 0.1) is 11.2 Å². The predicted molar refractivity (Wildman–Crippen MR) is 63.8 cm³/mol. The first-order valence-corrected chi connectivity index (χ1v) is 6.06. The van der Waals surface area contributed by atoms with Gasteiger partial charge in [-0.15, -0.1) is 11.3 Å². The van der Waals surface area contributed by atoms with Crippen molar-refractivity contribution < 1.29 is 4.39 Å². The van der Waals surface area contributed by atoms with Crippen molar-refractivity contribution >= 4 is 11.3 Å². The summed E-state index contributed by atoms with van der Waals surface area (Å²) in [7, 11) is 0. The zero-order valence-corrected chi connectivity index (χ0v) is 9.80. The summed E-state index contributed by atoms with van der Waals surface area (Å²) in [6, 6.07) is 6.82. The third kappa shape index (κ3) is 2.65. The van der Waals surface area contributed by atoms with Crippen molar-refractivity contribution in [2.75, 3.05) is 0 Å². The van der Waals surface area contributed by atoms with Crippen LogP contribution >= 0.6 is 11.3 Å². The molecule has 1 atom stereocenters. The second-order valence-electron chi connectivity index (χ2n) is 3.60. The van der Waals surface area contributed by atoms with Crippen LogP contribution < -0.4 is 5.32 Å². The molecule has 2 rings (SSSR count). The van der Waals surface area contributed by atoms with Crippen LogP contribution in [-0.2, 0) is 6.54 Å². The van der Waals surface area contributed by atoms with Crippen LogP contribution in [0.3, 0.4) is 0 Å². The van der Waals surface area contributed by atoms with Gasteiger partial charge in [0.15, 0.2) is 0 Å². The van der Waals surface area contributed by atoms with E-state index in [1.807, 2.05) is 18.4 Å². The Morgan fingerprint density at radius 3 is 2.94 bits per heavy atom. The van der Waals surface area contributed by atoms with Crippen molar-refractivity contribution in [1.82, 2.24) is 10.3 Å². The van der Waals surface area contributed by atoms with Crippen LogP contribution in [0, 0.1) is 5.82 Å². The average molecular weight is 236 g/mol. The molecule has 4 heteroatoms. The summed E-state index contributed by atoms with van der Waals surface area (Å²) in [4.78, 5) is 4.17. The van der Waals surface area contributed by atoms with E-state index in [-0.39, 0.29) is 11.9 Å². The second-order valence-corrected chi connectivity index (χ2v) is 4.32. The van der Waals surface area contributed by atoms with E-state index in [4.69, 9.17) is 0 Å². The fourth-order valence-electron chi connectivity index (χ4n) is 1.52. The first-order valence-electron chi connectivity index (χ1n) is 5.12. The molecule has 0 saturated carbocycles. The number of nitrogens with one attached hydrogen (secondary N) is 1. The van der Waals surface area contributed by atoms with Gasteiger partial charge in [-0.2, -0.15) is 0 Å². The maximum Gasteiger partial charge on any atom is 0.127 e. The molecule has 0 unspecified atom stereocenters. The first kappa shape index (κ1) is 11.2. The van der Waals surface area contributed by atoms with E-state index in [9.17, 15) is 4.39 Å². The number of rotatable bonds is 4. The Kier molecular flexibility index (Phi) is 3.64. The summed E-state index contributed by atoms with van der Waals surface area (Å²) in [5.41, 5.74) is 3.48. The lowest BCUT2D eigenvalue weighted by Crippen LogP contribution is -2.19. The van der Waals surface area contributed by atoms with Crippen molar-refractivity contribution in [1.29, 1.82) is 0 Å². The molecule has 1 aromatic heterocycles. The van der Waals surface area contributed by atoms with Crippen LogP contribution in [0.1, 0.15) is 24.2 Å². The standard InChI is InChI=1S/C12H13FN2S/c1-9(11-4-2-3-5-12(11)13)14-6-10-7-16-8-15-10/h2-5,7-9,14H,6H2,1H3/t9-/m1/s1. The Morgan fingerprint density at radius 1 is 1.44 bits per heavy atom. The van der Waals surface area contributed by atoms with Crippen LogP contribution in [0.4, 0.5) is 4.39 Å². The third-order valence-electron chi connectivity index (χ3n) is 2.44. The molecule has 2 aromatic rings. The van der Waals surface area contributed by atoms with E-state index in [2.05, 4.69) is 10.3 Å². The SMILES string of the molecule is C[C@@H](NCc1cscn1)c1ccccc1F. The van der Waals surface area contributed by atoms with Gasteiger partial charge in [-0.05, 0) is 13.0 Å². The number of aromatic nitrogens is 1. The monoisotopic (exact) mass is 236 g/mol. The lowest BCUT2D eigenvalue weighted by atomic mass is 10.1. The maximum absolute atomic E-state index is 13.5. The summed E-state index contributed by atoms with van der Waals surface area (Å²) in [5.74, 6) is -0.166. The van der Waals surface area contributed by atoms with E-state index in [0.29, 0.717) is 12.1 Å². The van der Waals surface area contributed by atoms with Crippen molar-refractivity contribution in [2.45, 2.75) is 19.5 Å².